The van der Waals surface area contributed by atoms with Gasteiger partial charge in [0.1, 0.15) is 12.1 Å². The van der Waals surface area contributed by atoms with Gasteiger partial charge in [-0.2, -0.15) is 0 Å². The van der Waals surface area contributed by atoms with Gasteiger partial charge in [-0.1, -0.05) is 84.2 Å². The molecule has 4 rings (SSSR count). The molecule has 45 heavy (non-hydrogen) atoms. The van der Waals surface area contributed by atoms with Gasteiger partial charge >= 0.3 is 6.03 Å². The molecule has 1 heterocycles. The average Bonchev–Trinajstić information content (AvgIpc) is 3.28. The molecule has 2 aliphatic carbocycles. The summed E-state index contributed by atoms with van der Waals surface area (Å²) in [6.07, 6.45) is 11.1. The van der Waals surface area contributed by atoms with Crippen LogP contribution in [-0.4, -0.2) is 64.6 Å². The van der Waals surface area contributed by atoms with Crippen molar-refractivity contribution in [1.29, 1.82) is 0 Å². The minimum Gasteiger partial charge on any atom is -0.363 e. The van der Waals surface area contributed by atoms with E-state index in [-0.39, 0.29) is 36.0 Å². The van der Waals surface area contributed by atoms with Crippen LogP contribution in [0.2, 0.25) is 0 Å². The van der Waals surface area contributed by atoms with E-state index in [1.807, 2.05) is 39.0 Å². The predicted octanol–water partition coefficient (Wildman–Crippen LogP) is 3.08. The molecule has 3 fully saturated rings. The average molecular weight is 620 g/mol. The third-order valence-electron chi connectivity index (χ3n) is 10.2. The van der Waals surface area contributed by atoms with E-state index >= 15 is 0 Å². The maximum atomic E-state index is 14.3. The number of hydrogen-bond acceptors (Lipinski definition) is 5. The number of ketones is 1. The Morgan fingerprint density at radius 3 is 2.27 bits per heavy atom. The van der Waals surface area contributed by atoms with Crippen LogP contribution in [0.1, 0.15) is 85.1 Å². The van der Waals surface area contributed by atoms with E-state index in [0.29, 0.717) is 13.0 Å². The van der Waals surface area contributed by atoms with Crippen LogP contribution in [0.15, 0.2) is 30.3 Å². The first-order valence-electron chi connectivity index (χ1n) is 16.1. The number of likely N-dealkylation sites (tertiary alicyclic amines) is 1. The molecule has 10 nitrogen and oxygen atoms in total. The first-order chi connectivity index (χ1) is 21.1. The van der Waals surface area contributed by atoms with Crippen LogP contribution in [-0.2, 0) is 25.6 Å². The van der Waals surface area contributed by atoms with Crippen molar-refractivity contribution in [3.63, 3.8) is 0 Å². The standard InChI is InChI=1S/C35H49N5O5/c1-7-8-17-24(27(41)29(36)42)37-30(43)26-25-23(34(25,5)6)21-40(26)31(44)28(33(2,3)4)38-32(45)39-35(18-13-10-14-19-35)20-22-15-11-9-12-16-22/h1,9,11-12,15-16,23-26,28H,8,10,13-14,17-21H2,2-6H3,(H2,36,42)(H,37,43)(H2,38,39,45)/t23-,24?,25-,26-,28+/m0/s1. The van der Waals surface area contributed by atoms with Crippen molar-refractivity contribution in [3.05, 3.63) is 35.9 Å². The molecule has 0 bridgehead atoms. The number of primary amides is 1. The van der Waals surface area contributed by atoms with Crippen LogP contribution >= 0.6 is 0 Å². The van der Waals surface area contributed by atoms with E-state index in [1.165, 1.54) is 0 Å². The lowest BCUT2D eigenvalue weighted by Gasteiger charge is -2.41. The smallest absolute Gasteiger partial charge is 0.315 e. The van der Waals surface area contributed by atoms with E-state index in [4.69, 9.17) is 12.2 Å². The van der Waals surface area contributed by atoms with E-state index in [9.17, 15) is 24.0 Å². The Labute approximate surface area is 267 Å². The predicted molar refractivity (Wildman–Crippen MR) is 171 cm³/mol. The minimum absolute atomic E-state index is 0.0548. The van der Waals surface area contributed by atoms with Crippen LogP contribution in [0, 0.1) is 35.0 Å². The molecule has 244 valence electrons. The lowest BCUT2D eigenvalue weighted by Crippen LogP contribution is -2.63. The number of amides is 5. The summed E-state index contributed by atoms with van der Waals surface area (Å²) in [5.74, 6) is -0.610. The molecule has 5 atom stereocenters. The largest absolute Gasteiger partial charge is 0.363 e. The number of piperidine rings is 1. The van der Waals surface area contributed by atoms with Gasteiger partial charge in [-0.3, -0.25) is 19.2 Å². The van der Waals surface area contributed by atoms with Gasteiger partial charge in [-0.25, -0.2) is 4.79 Å². The van der Waals surface area contributed by atoms with Gasteiger partial charge < -0.3 is 26.6 Å². The molecule has 0 spiro atoms. The molecular weight excluding hydrogens is 570 g/mol. The number of nitrogens with zero attached hydrogens (tertiary/aromatic N) is 1. The Bertz CT molecular complexity index is 1340. The van der Waals surface area contributed by atoms with Crippen molar-refractivity contribution in [2.24, 2.45) is 28.4 Å². The number of rotatable bonds is 11. The molecular formula is C35H49N5O5. The van der Waals surface area contributed by atoms with Crippen molar-refractivity contribution >= 4 is 29.5 Å². The molecule has 5 amide bonds. The lowest BCUT2D eigenvalue weighted by atomic mass is 9.77. The van der Waals surface area contributed by atoms with E-state index in [1.54, 1.807) is 4.90 Å². The Balaban J connectivity index is 1.54. The lowest BCUT2D eigenvalue weighted by molar-refractivity contribution is -0.145. The molecule has 3 aliphatic rings. The van der Waals surface area contributed by atoms with Crippen molar-refractivity contribution in [1.82, 2.24) is 20.9 Å². The summed E-state index contributed by atoms with van der Waals surface area (Å²) in [5, 5.41) is 8.93. The quantitative estimate of drug-likeness (QED) is 0.222. The molecule has 10 heteroatoms. The zero-order valence-electron chi connectivity index (χ0n) is 27.3. The highest BCUT2D eigenvalue weighted by molar-refractivity contribution is 6.37. The fourth-order valence-electron chi connectivity index (χ4n) is 7.52. The Kier molecular flexibility index (Phi) is 10.0. The Hall–Kier alpha value is -3.87. The third kappa shape index (κ3) is 7.51. The maximum absolute atomic E-state index is 14.3. The maximum Gasteiger partial charge on any atom is 0.315 e. The second-order valence-corrected chi connectivity index (χ2v) is 14.8. The Morgan fingerprint density at radius 2 is 1.69 bits per heavy atom. The molecule has 1 saturated heterocycles. The minimum atomic E-state index is -1.18. The van der Waals surface area contributed by atoms with Gasteiger partial charge in [0, 0.05) is 18.5 Å². The molecule has 5 N–H and O–H groups in total. The number of carbonyl (C=O) groups excluding carboxylic acids is 5. The second kappa shape index (κ2) is 13.2. The second-order valence-electron chi connectivity index (χ2n) is 14.8. The van der Waals surface area contributed by atoms with Crippen LogP contribution in [0.4, 0.5) is 4.79 Å². The first kappa shape index (κ1) is 34.0. The van der Waals surface area contributed by atoms with Gasteiger partial charge in [-0.05, 0) is 53.9 Å². The van der Waals surface area contributed by atoms with Gasteiger partial charge in [0.2, 0.25) is 17.6 Å². The number of fused-ring (bicyclic) bond motifs is 1. The first-order valence-corrected chi connectivity index (χ1v) is 16.1. The van der Waals surface area contributed by atoms with Crippen LogP contribution in [0.5, 0.6) is 0 Å². The molecule has 0 aromatic heterocycles. The van der Waals surface area contributed by atoms with Crippen LogP contribution in [0.3, 0.4) is 0 Å². The number of benzene rings is 1. The SMILES string of the molecule is C#CCCC(NC(=O)[C@@H]1[C@@H]2[C@H](CN1C(=O)[C@@H](NC(=O)NC1(Cc3ccccc3)CCCCC1)C(C)(C)C)C2(C)C)C(=O)C(N)=O. The summed E-state index contributed by atoms with van der Waals surface area (Å²) in [5.41, 5.74) is 5.11. The summed E-state index contributed by atoms with van der Waals surface area (Å²) >= 11 is 0. The third-order valence-corrected chi connectivity index (χ3v) is 10.2. The number of nitrogens with one attached hydrogen (secondary N) is 3. The molecule has 1 aromatic rings. The summed E-state index contributed by atoms with van der Waals surface area (Å²) in [6, 6.07) is 6.72. The highest BCUT2D eigenvalue weighted by atomic mass is 16.2. The number of urea groups is 1. The highest BCUT2D eigenvalue weighted by Gasteiger charge is 2.70. The molecule has 2 saturated carbocycles. The highest BCUT2D eigenvalue weighted by Crippen LogP contribution is 2.65. The zero-order chi connectivity index (χ0) is 33.2. The fraction of sp³-hybridized carbons (Fsp3) is 0.629. The van der Waals surface area contributed by atoms with Gasteiger partial charge in [-0.15, -0.1) is 12.3 Å². The van der Waals surface area contributed by atoms with Crippen LogP contribution < -0.4 is 21.7 Å². The fourth-order valence-corrected chi connectivity index (χ4v) is 7.52. The van der Waals surface area contributed by atoms with Crippen LogP contribution in [0.25, 0.3) is 0 Å². The molecule has 0 radical (unpaired) electrons. The van der Waals surface area contributed by atoms with Crippen molar-refractivity contribution in [2.75, 3.05) is 6.54 Å². The van der Waals surface area contributed by atoms with E-state index in [0.717, 1.165) is 37.7 Å². The van der Waals surface area contributed by atoms with Gasteiger partial charge in [0.25, 0.3) is 5.91 Å². The summed E-state index contributed by atoms with van der Waals surface area (Å²) < 4.78 is 0. The molecule has 1 unspecified atom stereocenters. The van der Waals surface area contributed by atoms with E-state index < -0.39 is 52.7 Å². The number of hydrogen-bond donors (Lipinski definition) is 4. The number of carbonyl (C=O) groups is 5. The number of terminal acetylenes is 1. The summed E-state index contributed by atoms with van der Waals surface area (Å²) in [7, 11) is 0. The number of nitrogens with two attached hydrogens (primary N) is 1. The molecule has 1 aliphatic heterocycles. The monoisotopic (exact) mass is 619 g/mol. The summed E-state index contributed by atoms with van der Waals surface area (Å²) in [6.45, 7) is 10.1. The number of Topliss-reactive ketones (excluding diaryl/α,β-unsaturated/α-hetero) is 1. The van der Waals surface area contributed by atoms with Crippen molar-refractivity contribution in [3.8, 4) is 12.3 Å². The van der Waals surface area contributed by atoms with E-state index in [2.05, 4.69) is 47.9 Å². The molecule has 1 aromatic carbocycles. The van der Waals surface area contributed by atoms with Crippen molar-refractivity contribution in [2.45, 2.75) is 110 Å². The topological polar surface area (TPSA) is 151 Å². The normalized spacial score (nSPS) is 24.3. The van der Waals surface area contributed by atoms with Gasteiger partial charge in [0.05, 0.1) is 6.04 Å². The van der Waals surface area contributed by atoms with Crippen molar-refractivity contribution < 1.29 is 24.0 Å². The zero-order valence-corrected chi connectivity index (χ0v) is 27.3. The Morgan fingerprint density at radius 1 is 1.04 bits per heavy atom. The van der Waals surface area contributed by atoms with Gasteiger partial charge in [0.15, 0.2) is 0 Å². The summed E-state index contributed by atoms with van der Waals surface area (Å²) in [4.78, 5) is 67.5.